The first-order valence-corrected chi connectivity index (χ1v) is 12.5. The SMILES string of the molecule is COC(=O)C(NC(=O)c1ccc(N2CCN(c3ccc(CN4CCOCC4)cc3)CC2)cc1)[C@@H](C)O. The predicted octanol–water partition coefficient (Wildman–Crippen LogP) is 1.50. The molecule has 0 bridgehead atoms. The van der Waals surface area contributed by atoms with Crippen LogP contribution in [0.25, 0.3) is 0 Å². The Morgan fingerprint density at radius 1 is 0.917 bits per heavy atom. The molecule has 9 nitrogen and oxygen atoms in total. The summed E-state index contributed by atoms with van der Waals surface area (Å²) in [6.07, 6.45) is -1.06. The van der Waals surface area contributed by atoms with E-state index in [1.54, 1.807) is 12.1 Å². The van der Waals surface area contributed by atoms with Crippen molar-refractivity contribution in [2.45, 2.75) is 25.6 Å². The number of carbonyl (C=O) groups excluding carboxylic acids is 2. The summed E-state index contributed by atoms with van der Waals surface area (Å²) in [5.41, 5.74) is 4.04. The summed E-state index contributed by atoms with van der Waals surface area (Å²) in [4.78, 5) is 31.5. The molecule has 2 heterocycles. The fourth-order valence-corrected chi connectivity index (χ4v) is 4.60. The maximum Gasteiger partial charge on any atom is 0.331 e. The van der Waals surface area contributed by atoms with E-state index in [9.17, 15) is 14.7 Å². The summed E-state index contributed by atoms with van der Waals surface area (Å²) in [6.45, 7) is 9.62. The second kappa shape index (κ2) is 12.2. The number of methoxy groups -OCH3 is 1. The Bertz CT molecular complexity index is 998. The van der Waals surface area contributed by atoms with Gasteiger partial charge in [-0.3, -0.25) is 9.69 Å². The number of hydrogen-bond donors (Lipinski definition) is 2. The average molecular weight is 497 g/mol. The van der Waals surface area contributed by atoms with Gasteiger partial charge >= 0.3 is 5.97 Å². The summed E-state index contributed by atoms with van der Waals surface area (Å²) >= 11 is 0. The number of aliphatic hydroxyl groups is 1. The number of esters is 1. The van der Waals surface area contributed by atoms with Crippen molar-refractivity contribution in [2.75, 3.05) is 69.4 Å². The summed E-state index contributed by atoms with van der Waals surface area (Å²) in [6, 6.07) is 15.1. The molecule has 194 valence electrons. The average Bonchev–Trinajstić information content (AvgIpc) is 2.92. The molecular weight excluding hydrogens is 460 g/mol. The molecule has 0 spiro atoms. The molecule has 0 aliphatic carbocycles. The molecule has 2 aromatic carbocycles. The van der Waals surface area contributed by atoms with Crippen LogP contribution in [0.5, 0.6) is 0 Å². The summed E-state index contributed by atoms with van der Waals surface area (Å²) in [5.74, 6) is -1.11. The van der Waals surface area contributed by atoms with Crippen molar-refractivity contribution >= 4 is 23.3 Å². The van der Waals surface area contributed by atoms with Gasteiger partial charge in [-0.2, -0.15) is 0 Å². The lowest BCUT2D eigenvalue weighted by Gasteiger charge is -2.37. The molecule has 4 rings (SSSR count). The predicted molar refractivity (Wildman–Crippen MR) is 138 cm³/mol. The Balaban J connectivity index is 1.28. The number of anilines is 2. The highest BCUT2D eigenvalue weighted by atomic mass is 16.5. The fourth-order valence-electron chi connectivity index (χ4n) is 4.60. The van der Waals surface area contributed by atoms with Gasteiger partial charge in [0.25, 0.3) is 5.91 Å². The molecule has 1 amide bonds. The Hall–Kier alpha value is -3.14. The van der Waals surface area contributed by atoms with Gasteiger partial charge in [-0.1, -0.05) is 12.1 Å². The fraction of sp³-hybridized carbons (Fsp3) is 0.481. The van der Waals surface area contributed by atoms with Gasteiger partial charge in [-0.15, -0.1) is 0 Å². The lowest BCUT2D eigenvalue weighted by atomic mass is 10.1. The molecule has 2 fully saturated rings. The van der Waals surface area contributed by atoms with Crippen molar-refractivity contribution in [3.8, 4) is 0 Å². The number of rotatable bonds is 8. The second-order valence-corrected chi connectivity index (χ2v) is 9.29. The van der Waals surface area contributed by atoms with E-state index in [0.29, 0.717) is 5.56 Å². The largest absolute Gasteiger partial charge is 0.467 e. The first-order chi connectivity index (χ1) is 17.4. The summed E-state index contributed by atoms with van der Waals surface area (Å²) in [5, 5.41) is 12.3. The van der Waals surface area contributed by atoms with Crippen LogP contribution in [0.3, 0.4) is 0 Å². The third-order valence-corrected chi connectivity index (χ3v) is 6.81. The van der Waals surface area contributed by atoms with Crippen molar-refractivity contribution in [2.24, 2.45) is 0 Å². The standard InChI is InChI=1S/C27H36N4O5/c1-20(32)25(27(34)35-2)28-26(33)22-5-9-24(10-6-22)31-13-11-30(12-14-31)23-7-3-21(4-8-23)19-29-15-17-36-18-16-29/h3-10,20,25,32H,11-19H2,1-2H3,(H,28,33)/t20-,25?/m1/s1. The van der Waals surface area contributed by atoms with Gasteiger partial charge in [0.2, 0.25) is 0 Å². The van der Waals surface area contributed by atoms with Crippen molar-refractivity contribution in [1.29, 1.82) is 0 Å². The Kier molecular flexibility index (Phi) is 8.79. The van der Waals surface area contributed by atoms with E-state index in [1.165, 1.54) is 25.3 Å². The maximum absolute atomic E-state index is 12.5. The van der Waals surface area contributed by atoms with Crippen LogP contribution in [0.4, 0.5) is 11.4 Å². The Labute approximate surface area is 212 Å². The van der Waals surface area contributed by atoms with Crippen LogP contribution in [0, 0.1) is 0 Å². The minimum Gasteiger partial charge on any atom is -0.467 e. The van der Waals surface area contributed by atoms with E-state index < -0.39 is 24.0 Å². The van der Waals surface area contributed by atoms with Crippen LogP contribution in [-0.4, -0.2) is 93.6 Å². The van der Waals surface area contributed by atoms with Crippen LogP contribution in [0.2, 0.25) is 0 Å². The van der Waals surface area contributed by atoms with Gasteiger partial charge in [0.05, 0.1) is 26.4 Å². The lowest BCUT2D eigenvalue weighted by molar-refractivity contribution is -0.145. The molecule has 9 heteroatoms. The van der Waals surface area contributed by atoms with E-state index in [-0.39, 0.29) is 0 Å². The highest BCUT2D eigenvalue weighted by Crippen LogP contribution is 2.22. The minimum absolute atomic E-state index is 0.420. The van der Waals surface area contributed by atoms with Gasteiger partial charge in [0.1, 0.15) is 0 Å². The topological polar surface area (TPSA) is 94.6 Å². The molecule has 2 atom stereocenters. The number of morpholine rings is 1. The smallest absolute Gasteiger partial charge is 0.331 e. The molecule has 1 unspecified atom stereocenters. The van der Waals surface area contributed by atoms with Crippen LogP contribution in [0.1, 0.15) is 22.8 Å². The number of nitrogens with zero attached hydrogens (tertiary/aromatic N) is 3. The zero-order valence-corrected chi connectivity index (χ0v) is 21.1. The minimum atomic E-state index is -1.11. The zero-order valence-electron chi connectivity index (χ0n) is 21.1. The number of hydrogen-bond acceptors (Lipinski definition) is 8. The van der Waals surface area contributed by atoms with E-state index in [0.717, 1.165) is 64.7 Å². The molecule has 2 N–H and O–H groups in total. The molecule has 2 aliphatic rings. The van der Waals surface area contributed by atoms with Gasteiger partial charge < -0.3 is 29.7 Å². The van der Waals surface area contributed by atoms with Crippen LogP contribution < -0.4 is 15.1 Å². The monoisotopic (exact) mass is 496 g/mol. The van der Waals surface area contributed by atoms with E-state index in [4.69, 9.17) is 4.74 Å². The van der Waals surface area contributed by atoms with Crippen molar-refractivity contribution in [3.05, 3.63) is 59.7 Å². The molecule has 2 saturated heterocycles. The third kappa shape index (κ3) is 6.54. The van der Waals surface area contributed by atoms with E-state index in [2.05, 4.69) is 49.0 Å². The zero-order chi connectivity index (χ0) is 25.5. The van der Waals surface area contributed by atoms with Crippen LogP contribution in [0.15, 0.2) is 48.5 Å². The van der Waals surface area contributed by atoms with Gasteiger partial charge in [0.15, 0.2) is 6.04 Å². The molecule has 2 aliphatic heterocycles. The molecule has 2 aromatic rings. The van der Waals surface area contributed by atoms with Gasteiger partial charge in [0, 0.05) is 62.8 Å². The van der Waals surface area contributed by atoms with Crippen LogP contribution in [-0.2, 0) is 20.8 Å². The summed E-state index contributed by atoms with van der Waals surface area (Å²) < 4.78 is 10.1. The number of carbonyl (C=O) groups is 2. The highest BCUT2D eigenvalue weighted by molar-refractivity contribution is 5.97. The summed E-state index contributed by atoms with van der Waals surface area (Å²) in [7, 11) is 1.22. The highest BCUT2D eigenvalue weighted by Gasteiger charge is 2.27. The van der Waals surface area contributed by atoms with Crippen LogP contribution >= 0.6 is 0 Å². The normalized spacial score (nSPS) is 18.4. The third-order valence-electron chi connectivity index (χ3n) is 6.81. The Morgan fingerprint density at radius 2 is 1.44 bits per heavy atom. The van der Waals surface area contributed by atoms with E-state index >= 15 is 0 Å². The van der Waals surface area contributed by atoms with Gasteiger partial charge in [-0.25, -0.2) is 4.79 Å². The number of benzene rings is 2. The Morgan fingerprint density at radius 3 is 1.94 bits per heavy atom. The van der Waals surface area contributed by atoms with Gasteiger partial charge in [-0.05, 0) is 48.9 Å². The molecule has 0 saturated carbocycles. The van der Waals surface area contributed by atoms with Crippen molar-refractivity contribution < 1.29 is 24.2 Å². The quantitative estimate of drug-likeness (QED) is 0.531. The van der Waals surface area contributed by atoms with E-state index in [1.807, 2.05) is 12.1 Å². The number of aliphatic hydroxyl groups excluding tert-OH is 1. The molecule has 36 heavy (non-hydrogen) atoms. The molecule has 0 radical (unpaired) electrons. The lowest BCUT2D eigenvalue weighted by Crippen LogP contribution is -2.48. The molecule has 0 aromatic heterocycles. The second-order valence-electron chi connectivity index (χ2n) is 9.29. The molecular formula is C27H36N4O5. The maximum atomic E-state index is 12.5. The first-order valence-electron chi connectivity index (χ1n) is 12.5. The number of nitrogens with one attached hydrogen (secondary N) is 1. The number of ether oxygens (including phenoxy) is 2. The number of piperazine rings is 1. The van der Waals surface area contributed by atoms with Crippen molar-refractivity contribution in [1.82, 2.24) is 10.2 Å². The first kappa shape index (κ1) is 25.9. The number of amides is 1. The van der Waals surface area contributed by atoms with Crippen molar-refractivity contribution in [3.63, 3.8) is 0 Å².